The largest absolute Gasteiger partial charge is 0.303 e. The third-order valence-corrected chi connectivity index (χ3v) is 5.80. The molecule has 4 rings (SSSR count). The van der Waals surface area contributed by atoms with E-state index in [1.54, 1.807) is 22.7 Å². The number of benzene rings is 1. The number of aryl methyl sites for hydroxylation is 1. The van der Waals surface area contributed by atoms with Gasteiger partial charge in [0.1, 0.15) is 11.5 Å². The van der Waals surface area contributed by atoms with Gasteiger partial charge < -0.3 is 4.90 Å². The van der Waals surface area contributed by atoms with Crippen molar-refractivity contribution in [2.75, 3.05) is 19.6 Å². The molecule has 0 saturated carbocycles. The number of carbonyl (C=O) groups is 1. The summed E-state index contributed by atoms with van der Waals surface area (Å²) in [5.41, 5.74) is 2.77. The third kappa shape index (κ3) is 4.60. The van der Waals surface area contributed by atoms with Crippen molar-refractivity contribution in [2.24, 2.45) is 5.92 Å². The number of aromatic nitrogens is 2. The van der Waals surface area contributed by atoms with Gasteiger partial charge in [0.25, 0.3) is 5.56 Å². The Hall–Kier alpha value is -2.57. The van der Waals surface area contributed by atoms with E-state index in [9.17, 15) is 14.0 Å². The van der Waals surface area contributed by atoms with Gasteiger partial charge in [0.05, 0.1) is 0 Å². The van der Waals surface area contributed by atoms with E-state index in [1.165, 1.54) is 12.1 Å². The van der Waals surface area contributed by atoms with E-state index in [4.69, 9.17) is 0 Å². The van der Waals surface area contributed by atoms with E-state index in [0.717, 1.165) is 43.7 Å². The Kier molecular flexibility index (Phi) is 7.00. The van der Waals surface area contributed by atoms with Gasteiger partial charge in [0.2, 0.25) is 0 Å². The summed E-state index contributed by atoms with van der Waals surface area (Å²) < 4.78 is 14.7. The molecule has 2 aromatic heterocycles. The molecule has 0 unspecified atom stereocenters. The van der Waals surface area contributed by atoms with Gasteiger partial charge in [-0.2, -0.15) is 0 Å². The predicted molar refractivity (Wildman–Crippen MR) is 117 cm³/mol. The highest BCUT2D eigenvalue weighted by atomic mass is 35.5. The van der Waals surface area contributed by atoms with Crippen LogP contribution in [-0.2, 0) is 6.42 Å². The van der Waals surface area contributed by atoms with Gasteiger partial charge in [0, 0.05) is 35.5 Å². The van der Waals surface area contributed by atoms with Crippen molar-refractivity contribution in [2.45, 2.75) is 26.2 Å². The molecule has 158 valence electrons. The van der Waals surface area contributed by atoms with E-state index in [1.807, 2.05) is 25.1 Å². The summed E-state index contributed by atoms with van der Waals surface area (Å²) in [6.07, 6.45) is 3.96. The van der Waals surface area contributed by atoms with Crippen molar-refractivity contribution in [3.8, 4) is 0 Å². The molecule has 3 heterocycles. The van der Waals surface area contributed by atoms with Gasteiger partial charge in [-0.25, -0.2) is 9.37 Å². The van der Waals surface area contributed by atoms with E-state index < -0.39 is 0 Å². The first-order chi connectivity index (χ1) is 14.0. The van der Waals surface area contributed by atoms with Crippen LogP contribution >= 0.6 is 12.4 Å². The lowest BCUT2D eigenvalue weighted by Crippen LogP contribution is -2.38. The molecule has 3 aromatic rings. The summed E-state index contributed by atoms with van der Waals surface area (Å²) in [6, 6.07) is 11.3. The number of piperidine rings is 1. The highest BCUT2D eigenvalue weighted by molar-refractivity contribution is 5.97. The Bertz CT molecular complexity index is 1090. The molecule has 1 aliphatic heterocycles. The predicted octanol–water partition coefficient (Wildman–Crippen LogP) is 3.70. The van der Waals surface area contributed by atoms with Gasteiger partial charge in [-0.05, 0) is 75.7 Å². The van der Waals surface area contributed by atoms with Crippen LogP contribution in [0.4, 0.5) is 4.39 Å². The van der Waals surface area contributed by atoms with E-state index in [-0.39, 0.29) is 35.5 Å². The highest BCUT2D eigenvalue weighted by Gasteiger charge is 2.26. The second-order valence-corrected chi connectivity index (χ2v) is 7.65. The fourth-order valence-corrected chi connectivity index (χ4v) is 4.06. The number of ketones is 1. The minimum absolute atomic E-state index is 0. The Balaban J connectivity index is 0.00000256. The zero-order chi connectivity index (χ0) is 20.4. The molecule has 30 heavy (non-hydrogen) atoms. The molecule has 1 fully saturated rings. The number of pyridine rings is 1. The van der Waals surface area contributed by atoms with E-state index >= 15 is 0 Å². The van der Waals surface area contributed by atoms with Crippen LogP contribution < -0.4 is 5.56 Å². The summed E-state index contributed by atoms with van der Waals surface area (Å²) in [4.78, 5) is 32.2. The van der Waals surface area contributed by atoms with Gasteiger partial charge in [0.15, 0.2) is 5.78 Å². The molecular formula is C23H25ClFN3O2. The standard InChI is InChI=1S/C23H24FN3O2.ClH/c1-16-20(23(29)27-12-3-2-4-21(27)25-16)11-15-26-13-9-18(10-14-26)22(28)17-5-7-19(24)8-6-17;/h2-8,12,18H,9-11,13-15H2,1H3;1H. The molecule has 1 aliphatic rings. The first-order valence-corrected chi connectivity index (χ1v) is 10.0. The molecule has 0 amide bonds. The monoisotopic (exact) mass is 429 g/mol. The number of likely N-dealkylation sites (tertiary alicyclic amines) is 1. The highest BCUT2D eigenvalue weighted by Crippen LogP contribution is 2.22. The fourth-order valence-electron chi connectivity index (χ4n) is 4.06. The van der Waals surface area contributed by atoms with Crippen LogP contribution in [0, 0.1) is 18.7 Å². The van der Waals surface area contributed by atoms with Crippen LogP contribution in [0.1, 0.15) is 34.5 Å². The minimum atomic E-state index is -0.328. The van der Waals surface area contributed by atoms with Gasteiger partial charge >= 0.3 is 0 Å². The molecule has 7 heteroatoms. The number of hydrogen-bond donors (Lipinski definition) is 0. The number of halogens is 2. The summed E-state index contributed by atoms with van der Waals surface area (Å²) in [6.45, 7) is 4.30. The van der Waals surface area contributed by atoms with Crippen LogP contribution in [0.25, 0.3) is 5.65 Å². The zero-order valence-electron chi connectivity index (χ0n) is 16.9. The summed E-state index contributed by atoms with van der Waals surface area (Å²) in [5.74, 6) is -0.255. The topological polar surface area (TPSA) is 54.7 Å². The van der Waals surface area contributed by atoms with Crippen molar-refractivity contribution in [3.63, 3.8) is 0 Å². The van der Waals surface area contributed by atoms with Crippen LogP contribution in [-0.4, -0.2) is 39.7 Å². The molecule has 1 aromatic carbocycles. The number of rotatable bonds is 5. The summed E-state index contributed by atoms with van der Waals surface area (Å²) >= 11 is 0. The average Bonchev–Trinajstić information content (AvgIpc) is 2.74. The quantitative estimate of drug-likeness (QED) is 0.580. The molecular weight excluding hydrogens is 405 g/mol. The number of hydrogen-bond acceptors (Lipinski definition) is 4. The Labute approximate surface area is 181 Å². The molecule has 0 atom stereocenters. The van der Waals surface area contributed by atoms with Crippen molar-refractivity contribution < 1.29 is 9.18 Å². The lowest BCUT2D eigenvalue weighted by molar-refractivity contribution is 0.0841. The summed E-state index contributed by atoms with van der Waals surface area (Å²) in [7, 11) is 0. The van der Waals surface area contributed by atoms with Crippen molar-refractivity contribution in [1.82, 2.24) is 14.3 Å². The third-order valence-electron chi connectivity index (χ3n) is 5.80. The van der Waals surface area contributed by atoms with E-state index in [0.29, 0.717) is 17.6 Å². The molecule has 0 radical (unpaired) electrons. The first kappa shape index (κ1) is 22.1. The normalized spacial score (nSPS) is 15.1. The lowest BCUT2D eigenvalue weighted by atomic mass is 9.89. The van der Waals surface area contributed by atoms with Crippen LogP contribution in [0.3, 0.4) is 0 Å². The van der Waals surface area contributed by atoms with Gasteiger partial charge in [-0.1, -0.05) is 6.07 Å². The van der Waals surface area contributed by atoms with Crippen LogP contribution in [0.2, 0.25) is 0 Å². The Morgan fingerprint density at radius 2 is 1.83 bits per heavy atom. The molecule has 0 aliphatic carbocycles. The number of carbonyl (C=O) groups excluding carboxylic acids is 1. The molecule has 1 saturated heterocycles. The average molecular weight is 430 g/mol. The van der Waals surface area contributed by atoms with Gasteiger partial charge in [-0.15, -0.1) is 12.4 Å². The Morgan fingerprint density at radius 3 is 2.53 bits per heavy atom. The van der Waals surface area contributed by atoms with Crippen LogP contribution in [0.15, 0.2) is 53.5 Å². The fraction of sp³-hybridized carbons (Fsp3) is 0.348. The summed E-state index contributed by atoms with van der Waals surface area (Å²) in [5, 5.41) is 0. The van der Waals surface area contributed by atoms with E-state index in [2.05, 4.69) is 9.88 Å². The zero-order valence-corrected chi connectivity index (χ0v) is 17.7. The molecule has 0 bridgehead atoms. The molecule has 0 spiro atoms. The molecule has 5 nitrogen and oxygen atoms in total. The smallest absolute Gasteiger partial charge is 0.261 e. The number of Topliss-reactive ketones (excluding diaryl/α,β-unsaturated/α-hetero) is 1. The van der Waals surface area contributed by atoms with Crippen molar-refractivity contribution in [1.29, 1.82) is 0 Å². The van der Waals surface area contributed by atoms with Gasteiger partial charge in [-0.3, -0.25) is 14.0 Å². The van der Waals surface area contributed by atoms with Crippen molar-refractivity contribution >= 4 is 23.8 Å². The number of fused-ring (bicyclic) bond motifs is 1. The Morgan fingerprint density at radius 1 is 1.13 bits per heavy atom. The molecule has 0 N–H and O–H groups in total. The second-order valence-electron chi connectivity index (χ2n) is 7.65. The van der Waals surface area contributed by atoms with Crippen LogP contribution in [0.5, 0.6) is 0 Å². The minimum Gasteiger partial charge on any atom is -0.303 e. The maximum atomic E-state index is 13.1. The number of nitrogens with zero attached hydrogens (tertiary/aromatic N) is 3. The first-order valence-electron chi connectivity index (χ1n) is 10.0. The maximum Gasteiger partial charge on any atom is 0.261 e. The SMILES string of the molecule is Cc1nc2ccccn2c(=O)c1CCN1CCC(C(=O)c2ccc(F)cc2)CC1.Cl. The maximum absolute atomic E-state index is 13.1. The second kappa shape index (κ2) is 9.49. The lowest BCUT2D eigenvalue weighted by Gasteiger charge is -2.31. The van der Waals surface area contributed by atoms with Crippen molar-refractivity contribution in [3.05, 3.63) is 81.7 Å².